The van der Waals surface area contributed by atoms with Crippen LogP contribution in [0, 0.1) is 5.92 Å². The third-order valence-corrected chi connectivity index (χ3v) is 5.11. The number of carboxylic acid groups (broad SMARTS) is 1. The lowest BCUT2D eigenvalue weighted by molar-refractivity contribution is -0.141. The Morgan fingerprint density at radius 1 is 1.19 bits per heavy atom. The molecule has 3 aliphatic rings. The first-order valence-electron chi connectivity index (χ1n) is 8.07. The van der Waals surface area contributed by atoms with Crippen LogP contribution in [0.15, 0.2) is 0 Å². The molecule has 4 unspecified atom stereocenters. The van der Waals surface area contributed by atoms with Gasteiger partial charge in [0.15, 0.2) is 0 Å². The van der Waals surface area contributed by atoms with Gasteiger partial charge in [0.25, 0.3) is 0 Å². The fourth-order valence-corrected chi connectivity index (χ4v) is 4.07. The first-order chi connectivity index (χ1) is 10.2. The molecule has 1 aliphatic carbocycles. The third-order valence-electron chi connectivity index (χ3n) is 5.11. The molecule has 1 saturated carbocycles. The number of carbonyl (C=O) groups excluding carboxylic acids is 1. The summed E-state index contributed by atoms with van der Waals surface area (Å²) in [5, 5.41) is 12.3. The minimum atomic E-state index is -0.878. The van der Waals surface area contributed by atoms with Crippen molar-refractivity contribution in [3.05, 3.63) is 0 Å². The molecule has 3 fully saturated rings. The molecule has 118 valence electrons. The number of nitrogens with one attached hydrogen (secondary N) is 1. The van der Waals surface area contributed by atoms with Crippen molar-refractivity contribution in [2.75, 3.05) is 13.2 Å². The van der Waals surface area contributed by atoms with E-state index in [4.69, 9.17) is 4.74 Å². The van der Waals surface area contributed by atoms with Crippen molar-refractivity contribution in [1.29, 1.82) is 0 Å². The van der Waals surface area contributed by atoms with E-state index in [1.54, 1.807) is 4.90 Å². The van der Waals surface area contributed by atoms with Crippen LogP contribution in [0.25, 0.3) is 0 Å². The summed E-state index contributed by atoms with van der Waals surface area (Å²) in [6.07, 6.45) is 6.91. The quantitative estimate of drug-likeness (QED) is 0.829. The molecule has 2 saturated heterocycles. The smallest absolute Gasteiger partial charge is 0.326 e. The molecule has 0 aromatic carbocycles. The summed E-state index contributed by atoms with van der Waals surface area (Å²) >= 11 is 0. The van der Waals surface area contributed by atoms with Crippen LogP contribution in [0.5, 0.6) is 0 Å². The number of carboxylic acids is 1. The second-order valence-electron chi connectivity index (χ2n) is 6.43. The number of aliphatic carboxylic acids is 1. The van der Waals surface area contributed by atoms with E-state index >= 15 is 0 Å². The number of likely N-dealkylation sites (tertiary alicyclic amines) is 1. The summed E-state index contributed by atoms with van der Waals surface area (Å²) in [5.74, 6) is -0.523. The summed E-state index contributed by atoms with van der Waals surface area (Å²) < 4.78 is 5.50. The molecule has 0 spiro atoms. The minimum Gasteiger partial charge on any atom is -0.480 e. The summed E-state index contributed by atoms with van der Waals surface area (Å²) in [7, 11) is 0. The molecular formula is C15H24N2O4. The molecule has 2 amide bonds. The summed E-state index contributed by atoms with van der Waals surface area (Å²) in [6.45, 7) is 1.24. The lowest BCUT2D eigenvalue weighted by atomic mass is 9.85. The summed E-state index contributed by atoms with van der Waals surface area (Å²) in [4.78, 5) is 25.5. The second kappa shape index (κ2) is 6.22. The van der Waals surface area contributed by atoms with Crippen LogP contribution in [0.2, 0.25) is 0 Å². The van der Waals surface area contributed by atoms with E-state index in [9.17, 15) is 14.7 Å². The van der Waals surface area contributed by atoms with E-state index in [1.165, 1.54) is 0 Å². The minimum absolute atomic E-state index is 0.0852. The fourth-order valence-electron chi connectivity index (χ4n) is 4.07. The maximum absolute atomic E-state index is 12.5. The number of hydrogen-bond acceptors (Lipinski definition) is 3. The summed E-state index contributed by atoms with van der Waals surface area (Å²) in [5.41, 5.74) is 0. The Kier molecular flexibility index (Phi) is 4.33. The van der Waals surface area contributed by atoms with Gasteiger partial charge in [0.05, 0.1) is 6.10 Å². The first kappa shape index (κ1) is 14.6. The van der Waals surface area contributed by atoms with E-state index in [0.717, 1.165) is 45.1 Å². The Labute approximate surface area is 124 Å². The third kappa shape index (κ3) is 3.00. The fraction of sp³-hybridized carbons (Fsp3) is 0.867. The van der Waals surface area contributed by atoms with Crippen LogP contribution in [-0.2, 0) is 9.53 Å². The van der Waals surface area contributed by atoms with Crippen LogP contribution >= 0.6 is 0 Å². The van der Waals surface area contributed by atoms with Crippen LogP contribution in [-0.4, -0.2) is 53.3 Å². The zero-order valence-electron chi connectivity index (χ0n) is 12.3. The molecule has 2 heterocycles. The van der Waals surface area contributed by atoms with Crippen LogP contribution in [0.1, 0.15) is 44.9 Å². The number of ether oxygens (including phenoxy) is 1. The van der Waals surface area contributed by atoms with Gasteiger partial charge in [0.1, 0.15) is 6.04 Å². The van der Waals surface area contributed by atoms with Gasteiger partial charge in [-0.25, -0.2) is 9.59 Å². The maximum atomic E-state index is 12.5. The molecule has 0 aromatic heterocycles. The number of rotatable bonds is 3. The summed E-state index contributed by atoms with van der Waals surface area (Å²) in [6, 6.07) is -0.792. The van der Waals surface area contributed by atoms with Crippen molar-refractivity contribution >= 4 is 12.0 Å². The Bertz CT molecular complexity index is 408. The normalized spacial score (nSPS) is 35.5. The van der Waals surface area contributed by atoms with E-state index in [-0.39, 0.29) is 18.2 Å². The average molecular weight is 296 g/mol. The van der Waals surface area contributed by atoms with Gasteiger partial charge < -0.3 is 20.1 Å². The highest BCUT2D eigenvalue weighted by Gasteiger charge is 2.47. The molecule has 2 N–H and O–H groups in total. The van der Waals surface area contributed by atoms with Gasteiger partial charge in [-0.15, -0.1) is 0 Å². The molecular weight excluding hydrogens is 272 g/mol. The number of hydrogen-bond donors (Lipinski definition) is 2. The van der Waals surface area contributed by atoms with Crippen molar-refractivity contribution < 1.29 is 19.4 Å². The van der Waals surface area contributed by atoms with Crippen LogP contribution < -0.4 is 5.32 Å². The molecule has 0 bridgehead atoms. The van der Waals surface area contributed by atoms with Crippen molar-refractivity contribution in [2.24, 2.45) is 5.92 Å². The predicted molar refractivity (Wildman–Crippen MR) is 76.0 cm³/mol. The highest BCUT2D eigenvalue weighted by molar-refractivity contribution is 5.83. The number of amides is 2. The zero-order chi connectivity index (χ0) is 14.8. The Morgan fingerprint density at radius 2 is 2.00 bits per heavy atom. The van der Waals surface area contributed by atoms with Gasteiger partial charge in [0.2, 0.25) is 0 Å². The highest BCUT2D eigenvalue weighted by atomic mass is 16.5. The van der Waals surface area contributed by atoms with E-state index in [0.29, 0.717) is 18.9 Å². The standard InChI is InChI=1S/C15H24N2O4/c18-14(19)13-8-10-4-1-2-6-12(10)17(13)15(20)16-9-11-5-3-7-21-11/h10-13H,1-9H2,(H,16,20)(H,18,19). The molecule has 4 atom stereocenters. The lowest BCUT2D eigenvalue weighted by Gasteiger charge is -2.33. The van der Waals surface area contributed by atoms with Crippen LogP contribution in [0.4, 0.5) is 4.79 Å². The number of fused-ring (bicyclic) bond motifs is 1. The van der Waals surface area contributed by atoms with E-state index in [2.05, 4.69) is 5.32 Å². The van der Waals surface area contributed by atoms with Crippen molar-refractivity contribution in [2.45, 2.75) is 63.1 Å². The number of nitrogens with zero attached hydrogens (tertiary/aromatic N) is 1. The molecule has 0 radical (unpaired) electrons. The number of urea groups is 1. The average Bonchev–Trinajstić information content (AvgIpc) is 3.11. The highest BCUT2D eigenvalue weighted by Crippen LogP contribution is 2.39. The van der Waals surface area contributed by atoms with Gasteiger partial charge in [-0.05, 0) is 38.0 Å². The van der Waals surface area contributed by atoms with Crippen LogP contribution in [0.3, 0.4) is 0 Å². The SMILES string of the molecule is O=C(O)C1CC2CCCCC2N1C(=O)NCC1CCCO1. The topological polar surface area (TPSA) is 78.9 Å². The maximum Gasteiger partial charge on any atom is 0.326 e. The Morgan fingerprint density at radius 3 is 2.71 bits per heavy atom. The largest absolute Gasteiger partial charge is 0.480 e. The van der Waals surface area contributed by atoms with Crippen molar-refractivity contribution in [1.82, 2.24) is 10.2 Å². The second-order valence-corrected chi connectivity index (χ2v) is 6.43. The van der Waals surface area contributed by atoms with Gasteiger partial charge >= 0.3 is 12.0 Å². The molecule has 2 aliphatic heterocycles. The van der Waals surface area contributed by atoms with E-state index < -0.39 is 12.0 Å². The zero-order valence-corrected chi connectivity index (χ0v) is 12.3. The monoisotopic (exact) mass is 296 g/mol. The van der Waals surface area contributed by atoms with Gasteiger partial charge in [-0.2, -0.15) is 0 Å². The Hall–Kier alpha value is -1.30. The molecule has 0 aromatic rings. The predicted octanol–water partition coefficient (Wildman–Crippen LogP) is 1.59. The molecule has 6 heteroatoms. The van der Waals surface area contributed by atoms with Gasteiger partial charge in [0, 0.05) is 19.2 Å². The molecule has 6 nitrogen and oxygen atoms in total. The number of carbonyl (C=O) groups is 2. The van der Waals surface area contributed by atoms with Crippen molar-refractivity contribution in [3.8, 4) is 0 Å². The van der Waals surface area contributed by atoms with Gasteiger partial charge in [-0.1, -0.05) is 12.8 Å². The molecule has 3 rings (SSSR count). The first-order valence-corrected chi connectivity index (χ1v) is 8.07. The molecule has 21 heavy (non-hydrogen) atoms. The lowest BCUT2D eigenvalue weighted by Crippen LogP contribution is -2.51. The van der Waals surface area contributed by atoms with Gasteiger partial charge in [-0.3, -0.25) is 0 Å². The van der Waals surface area contributed by atoms with Crippen molar-refractivity contribution in [3.63, 3.8) is 0 Å². The Balaban J connectivity index is 1.64. The van der Waals surface area contributed by atoms with E-state index in [1.807, 2.05) is 0 Å².